The van der Waals surface area contributed by atoms with Gasteiger partial charge in [0, 0.05) is 9.35 Å². The molecule has 0 aliphatic rings. The third-order valence-electron chi connectivity index (χ3n) is 0.827. The molecule has 0 spiro atoms. The Morgan fingerprint density at radius 2 is 2.12 bits per heavy atom. The summed E-state index contributed by atoms with van der Waals surface area (Å²) in [5.74, 6) is 0. The first kappa shape index (κ1) is 6.78. The Morgan fingerprint density at radius 1 is 1.50 bits per heavy atom. The number of hydrogen-bond acceptors (Lipinski definition) is 1. The summed E-state index contributed by atoms with van der Waals surface area (Å²) in [5.41, 5.74) is 0. The van der Waals surface area contributed by atoms with Gasteiger partial charge in [-0.05, 0) is 44.8 Å². The quantitative estimate of drug-likeness (QED) is 0.665. The summed E-state index contributed by atoms with van der Waals surface area (Å²) >= 11 is 8.51. The standard InChI is InChI=1S/C5H4Br2S/c1-3-4(6)2-5(7)8-3/h2H,1H3. The molecule has 1 aromatic heterocycles. The van der Waals surface area contributed by atoms with Crippen LogP contribution in [0.2, 0.25) is 0 Å². The average molecular weight is 256 g/mol. The van der Waals surface area contributed by atoms with Gasteiger partial charge in [-0.1, -0.05) is 0 Å². The highest BCUT2D eigenvalue weighted by Gasteiger charge is 1.96. The first-order chi connectivity index (χ1) is 3.70. The Bertz CT molecular complexity index is 173. The summed E-state index contributed by atoms with van der Waals surface area (Å²) in [6.45, 7) is 2.08. The first-order valence-corrected chi connectivity index (χ1v) is 4.52. The highest BCUT2D eigenvalue weighted by molar-refractivity contribution is 9.11. The molecule has 0 aromatic carbocycles. The molecule has 0 radical (unpaired) electrons. The van der Waals surface area contributed by atoms with Gasteiger partial charge in [0.1, 0.15) is 0 Å². The molecule has 8 heavy (non-hydrogen) atoms. The van der Waals surface area contributed by atoms with Crippen LogP contribution in [0, 0.1) is 6.92 Å². The van der Waals surface area contributed by atoms with Crippen LogP contribution < -0.4 is 0 Å². The van der Waals surface area contributed by atoms with Gasteiger partial charge in [-0.15, -0.1) is 11.3 Å². The fourth-order valence-corrected chi connectivity index (χ4v) is 2.94. The molecule has 0 saturated heterocycles. The van der Waals surface area contributed by atoms with Gasteiger partial charge in [0.15, 0.2) is 0 Å². The van der Waals surface area contributed by atoms with E-state index in [1.807, 2.05) is 0 Å². The molecule has 0 nitrogen and oxygen atoms in total. The van der Waals surface area contributed by atoms with Crippen molar-refractivity contribution in [2.75, 3.05) is 0 Å². The van der Waals surface area contributed by atoms with Gasteiger partial charge >= 0.3 is 0 Å². The van der Waals surface area contributed by atoms with Crippen LogP contribution in [-0.4, -0.2) is 0 Å². The van der Waals surface area contributed by atoms with E-state index in [2.05, 4.69) is 44.8 Å². The summed E-state index contributed by atoms with van der Waals surface area (Å²) in [5, 5.41) is 0. The minimum Gasteiger partial charge on any atom is -0.132 e. The van der Waals surface area contributed by atoms with Gasteiger partial charge in [0.25, 0.3) is 0 Å². The topological polar surface area (TPSA) is 0 Å². The number of rotatable bonds is 0. The van der Waals surface area contributed by atoms with E-state index in [9.17, 15) is 0 Å². The summed E-state index contributed by atoms with van der Waals surface area (Å²) in [6, 6.07) is 2.06. The number of thiophene rings is 1. The molecule has 0 aliphatic heterocycles. The van der Waals surface area contributed by atoms with Crippen LogP contribution >= 0.6 is 43.2 Å². The van der Waals surface area contributed by atoms with Crippen molar-refractivity contribution in [2.24, 2.45) is 0 Å². The van der Waals surface area contributed by atoms with Gasteiger partial charge in [-0.2, -0.15) is 0 Å². The maximum Gasteiger partial charge on any atom is 0.0712 e. The van der Waals surface area contributed by atoms with Gasteiger partial charge in [-0.3, -0.25) is 0 Å². The molecule has 0 fully saturated rings. The molecule has 0 N–H and O–H groups in total. The molecule has 1 heterocycles. The van der Waals surface area contributed by atoms with Crippen molar-refractivity contribution in [3.05, 3.63) is 19.2 Å². The van der Waals surface area contributed by atoms with Crippen molar-refractivity contribution in [2.45, 2.75) is 6.92 Å². The van der Waals surface area contributed by atoms with Gasteiger partial charge in [0.05, 0.1) is 3.79 Å². The zero-order chi connectivity index (χ0) is 6.15. The molecule has 0 aliphatic carbocycles. The van der Waals surface area contributed by atoms with Crippen LogP contribution in [-0.2, 0) is 0 Å². The van der Waals surface area contributed by atoms with Crippen LogP contribution in [0.3, 0.4) is 0 Å². The van der Waals surface area contributed by atoms with E-state index in [1.54, 1.807) is 11.3 Å². The highest BCUT2D eigenvalue weighted by atomic mass is 79.9. The largest absolute Gasteiger partial charge is 0.132 e. The third kappa shape index (κ3) is 1.33. The second-order valence-corrected chi connectivity index (χ2v) is 4.94. The lowest BCUT2D eigenvalue weighted by Gasteiger charge is -1.77. The number of hydrogen-bond donors (Lipinski definition) is 0. The zero-order valence-corrected chi connectivity index (χ0v) is 8.23. The Kier molecular flexibility index (Phi) is 2.12. The molecule has 0 bridgehead atoms. The molecule has 0 saturated carbocycles. The van der Waals surface area contributed by atoms with Crippen LogP contribution in [0.15, 0.2) is 14.3 Å². The average Bonchev–Trinajstić information content (AvgIpc) is 1.85. The molecular formula is C5H4Br2S. The summed E-state index contributed by atoms with van der Waals surface area (Å²) < 4.78 is 2.37. The van der Waals surface area contributed by atoms with E-state index in [0.717, 1.165) is 0 Å². The van der Waals surface area contributed by atoms with Crippen LogP contribution in [0.4, 0.5) is 0 Å². The third-order valence-corrected chi connectivity index (χ3v) is 3.47. The van der Waals surface area contributed by atoms with Crippen molar-refractivity contribution < 1.29 is 0 Å². The summed E-state index contributed by atoms with van der Waals surface area (Å²) in [6.07, 6.45) is 0. The van der Waals surface area contributed by atoms with E-state index in [1.165, 1.54) is 13.1 Å². The Hall–Kier alpha value is 0.660. The lowest BCUT2D eigenvalue weighted by molar-refractivity contribution is 1.59. The molecule has 1 aromatic rings. The van der Waals surface area contributed by atoms with E-state index >= 15 is 0 Å². The predicted molar refractivity (Wildman–Crippen MR) is 44.5 cm³/mol. The van der Waals surface area contributed by atoms with Crippen LogP contribution in [0.1, 0.15) is 4.88 Å². The van der Waals surface area contributed by atoms with E-state index in [4.69, 9.17) is 0 Å². The SMILES string of the molecule is Cc1sc(Br)cc1Br. The van der Waals surface area contributed by atoms with Crippen molar-refractivity contribution in [1.82, 2.24) is 0 Å². The summed E-state index contributed by atoms with van der Waals surface area (Å²) in [4.78, 5) is 1.32. The normalized spacial score (nSPS) is 9.88. The molecule has 44 valence electrons. The molecule has 0 unspecified atom stereocenters. The van der Waals surface area contributed by atoms with Crippen LogP contribution in [0.25, 0.3) is 0 Å². The monoisotopic (exact) mass is 254 g/mol. The second-order valence-electron chi connectivity index (χ2n) is 1.45. The predicted octanol–water partition coefficient (Wildman–Crippen LogP) is 3.58. The van der Waals surface area contributed by atoms with E-state index in [-0.39, 0.29) is 0 Å². The Morgan fingerprint density at radius 3 is 2.25 bits per heavy atom. The van der Waals surface area contributed by atoms with Crippen molar-refractivity contribution in [3.63, 3.8) is 0 Å². The molecule has 1 rings (SSSR count). The summed E-state index contributed by atoms with van der Waals surface area (Å²) in [7, 11) is 0. The van der Waals surface area contributed by atoms with Crippen molar-refractivity contribution >= 4 is 43.2 Å². The lowest BCUT2D eigenvalue weighted by Crippen LogP contribution is -1.53. The molecule has 3 heteroatoms. The van der Waals surface area contributed by atoms with E-state index in [0.29, 0.717) is 0 Å². The Labute approximate surface area is 69.2 Å². The van der Waals surface area contributed by atoms with Gasteiger partial charge in [0.2, 0.25) is 0 Å². The maximum atomic E-state index is 3.40. The number of aryl methyl sites for hydroxylation is 1. The van der Waals surface area contributed by atoms with E-state index < -0.39 is 0 Å². The Balaban J connectivity index is 3.14. The minimum absolute atomic E-state index is 1.18. The molecule has 0 atom stereocenters. The fraction of sp³-hybridized carbons (Fsp3) is 0.200. The molecule has 0 amide bonds. The zero-order valence-electron chi connectivity index (χ0n) is 4.24. The van der Waals surface area contributed by atoms with Crippen LogP contribution in [0.5, 0.6) is 0 Å². The number of halogens is 2. The fourth-order valence-electron chi connectivity index (χ4n) is 0.426. The second kappa shape index (κ2) is 2.50. The van der Waals surface area contributed by atoms with Crippen molar-refractivity contribution in [3.8, 4) is 0 Å². The minimum atomic E-state index is 1.18. The maximum absolute atomic E-state index is 3.40. The lowest BCUT2D eigenvalue weighted by atomic mass is 10.5. The van der Waals surface area contributed by atoms with Gasteiger partial charge < -0.3 is 0 Å². The highest BCUT2D eigenvalue weighted by Crippen LogP contribution is 2.29. The molecular weight excluding hydrogens is 252 g/mol. The van der Waals surface area contributed by atoms with Crippen molar-refractivity contribution in [1.29, 1.82) is 0 Å². The first-order valence-electron chi connectivity index (χ1n) is 2.11. The van der Waals surface area contributed by atoms with Gasteiger partial charge in [-0.25, -0.2) is 0 Å². The smallest absolute Gasteiger partial charge is 0.0712 e.